The molecular formula is C28H40N2O5S. The Balaban J connectivity index is 2.08. The van der Waals surface area contributed by atoms with Gasteiger partial charge in [0.25, 0.3) is 5.91 Å². The monoisotopic (exact) mass is 516 g/mol. The second kappa shape index (κ2) is 10.8. The molecule has 1 aliphatic rings. The molecule has 0 saturated heterocycles. The van der Waals surface area contributed by atoms with Crippen molar-refractivity contribution in [3.63, 3.8) is 0 Å². The number of aliphatic carboxylic acids is 1. The van der Waals surface area contributed by atoms with E-state index in [4.69, 9.17) is 0 Å². The van der Waals surface area contributed by atoms with Crippen molar-refractivity contribution in [3.05, 3.63) is 41.1 Å². The molecule has 0 atom stereocenters. The number of nitrogens with zero attached hydrogens (tertiary/aromatic N) is 1. The number of amides is 1. The van der Waals surface area contributed by atoms with E-state index in [1.165, 1.54) is 19.3 Å². The minimum atomic E-state index is -2.74. The van der Waals surface area contributed by atoms with Crippen LogP contribution in [0.15, 0.2) is 29.2 Å². The van der Waals surface area contributed by atoms with Crippen LogP contribution in [0.25, 0.3) is 11.3 Å². The highest BCUT2D eigenvalue weighted by molar-refractivity contribution is 7.72. The van der Waals surface area contributed by atoms with Crippen LogP contribution in [0.3, 0.4) is 0 Å². The molecule has 0 radical (unpaired) electrons. The Kier molecular flexibility index (Phi) is 8.38. The third kappa shape index (κ3) is 6.20. The molecule has 0 unspecified atom stereocenters. The number of carboxylic acid groups (broad SMARTS) is 1. The van der Waals surface area contributed by atoms with E-state index in [2.05, 4.69) is 9.88 Å². The summed E-state index contributed by atoms with van der Waals surface area (Å²) in [5.41, 5.74) is 2.37. The molecular weight excluding hydrogens is 476 g/mol. The van der Waals surface area contributed by atoms with Crippen LogP contribution in [0.2, 0.25) is 0 Å². The second-order valence-electron chi connectivity index (χ2n) is 11.8. The van der Waals surface area contributed by atoms with Crippen LogP contribution in [0.4, 0.5) is 0 Å². The Hall–Kier alpha value is -2.61. The smallest absolute Gasteiger partial charge is 0.310 e. The number of carbonyl (C=O) groups excluding carboxylic acids is 1. The number of rotatable bonds is 8. The van der Waals surface area contributed by atoms with Gasteiger partial charge in [-0.1, -0.05) is 46.1 Å². The molecule has 1 aliphatic carbocycles. The van der Waals surface area contributed by atoms with Crippen LogP contribution >= 0.6 is 0 Å². The molecule has 3 rings (SSSR count). The van der Waals surface area contributed by atoms with Crippen molar-refractivity contribution >= 4 is 22.6 Å². The topological polar surface area (TPSA) is 105 Å². The van der Waals surface area contributed by atoms with Gasteiger partial charge >= 0.3 is 5.97 Å². The lowest BCUT2D eigenvalue weighted by Gasteiger charge is -2.25. The fourth-order valence-corrected chi connectivity index (χ4v) is 5.70. The van der Waals surface area contributed by atoms with Crippen LogP contribution in [0.1, 0.15) is 88.3 Å². The van der Waals surface area contributed by atoms with Gasteiger partial charge in [-0.25, -0.2) is 8.42 Å². The Bertz CT molecular complexity index is 1200. The van der Waals surface area contributed by atoms with E-state index in [1.54, 1.807) is 19.9 Å². The van der Waals surface area contributed by atoms with Gasteiger partial charge in [0.05, 0.1) is 15.9 Å². The summed E-state index contributed by atoms with van der Waals surface area (Å²) in [6.45, 7) is 11.9. The molecule has 36 heavy (non-hydrogen) atoms. The normalized spacial score (nSPS) is 15.3. The zero-order valence-electron chi connectivity index (χ0n) is 22.3. The first-order valence-corrected chi connectivity index (χ1v) is 13.9. The molecule has 2 N–H and O–H groups in total. The minimum absolute atomic E-state index is 0.0170. The zero-order valence-corrected chi connectivity index (χ0v) is 23.2. The maximum atomic E-state index is 13.2. The van der Waals surface area contributed by atoms with Crippen molar-refractivity contribution in [1.82, 2.24) is 9.88 Å². The van der Waals surface area contributed by atoms with Gasteiger partial charge in [-0.2, -0.15) is 0 Å². The van der Waals surface area contributed by atoms with Crippen LogP contribution in [0.5, 0.6) is 0 Å². The van der Waals surface area contributed by atoms with Crippen LogP contribution in [0, 0.1) is 18.3 Å². The van der Waals surface area contributed by atoms with Crippen LogP contribution < -0.4 is 5.32 Å². The minimum Gasteiger partial charge on any atom is -0.481 e. The number of benzene rings is 1. The molecule has 0 spiro atoms. The van der Waals surface area contributed by atoms with Gasteiger partial charge in [-0.05, 0) is 74.3 Å². The lowest BCUT2D eigenvalue weighted by Crippen LogP contribution is -2.39. The molecule has 1 aromatic heterocycles. The Morgan fingerprint density at radius 3 is 2.25 bits per heavy atom. The first-order chi connectivity index (χ1) is 16.7. The van der Waals surface area contributed by atoms with Gasteiger partial charge in [0.1, 0.15) is 0 Å². The molecule has 1 heterocycles. The second-order valence-corrected chi connectivity index (χ2v) is 12.8. The van der Waals surface area contributed by atoms with Gasteiger partial charge in [0.2, 0.25) is 0 Å². The highest BCUT2D eigenvalue weighted by atomic mass is 32.2. The van der Waals surface area contributed by atoms with Crippen molar-refractivity contribution in [2.45, 2.75) is 90.5 Å². The number of nitrogens with one attached hydrogen (secondary N) is 1. The molecule has 8 heteroatoms. The van der Waals surface area contributed by atoms with E-state index >= 15 is 0 Å². The number of thiol groups is 1. The molecule has 198 valence electrons. The Morgan fingerprint density at radius 2 is 1.69 bits per heavy atom. The van der Waals surface area contributed by atoms with Crippen molar-refractivity contribution in [1.29, 1.82) is 0 Å². The van der Waals surface area contributed by atoms with E-state index in [9.17, 15) is 23.1 Å². The predicted octanol–water partition coefficient (Wildman–Crippen LogP) is 5.15. The van der Waals surface area contributed by atoms with Gasteiger partial charge < -0.3 is 15.0 Å². The first kappa shape index (κ1) is 28.0. The Morgan fingerprint density at radius 1 is 1.06 bits per heavy atom. The van der Waals surface area contributed by atoms with Gasteiger partial charge in [0.15, 0.2) is 10.7 Å². The molecule has 0 bridgehead atoms. The fraction of sp³-hybridized carbons (Fsp3) is 0.571. The highest BCUT2D eigenvalue weighted by Crippen LogP contribution is 2.35. The summed E-state index contributed by atoms with van der Waals surface area (Å²) in [6.07, 6.45) is 5.96. The average molecular weight is 517 g/mol. The number of hydrogen-bond donors (Lipinski definition) is 3. The van der Waals surface area contributed by atoms with Crippen molar-refractivity contribution in [3.8, 4) is 11.3 Å². The summed E-state index contributed by atoms with van der Waals surface area (Å²) in [7, 11) is -2.74. The Labute approximate surface area is 216 Å². The molecule has 7 nitrogen and oxygen atoms in total. The van der Waals surface area contributed by atoms with E-state index in [0.717, 1.165) is 41.9 Å². The molecule has 2 aromatic rings. The maximum absolute atomic E-state index is 13.2. The van der Waals surface area contributed by atoms with Gasteiger partial charge in [0, 0.05) is 24.5 Å². The standard InChI is InChI=1S/C28H40N2O5S/c1-18-21(25(31)29-17-28(5,6)26(32)33)15-23(30(18)16-19-10-8-7-9-11-19)20-12-13-24(36(34)35)22(14-20)27(2,3)4/h12-15,19,36H,7-11,16-17H2,1-6H3,(H,29,31)(H,32,33). The van der Waals surface area contributed by atoms with E-state index in [0.29, 0.717) is 16.4 Å². The van der Waals surface area contributed by atoms with Crippen LogP contribution in [-0.4, -0.2) is 36.5 Å². The number of aromatic nitrogens is 1. The zero-order chi connectivity index (χ0) is 26.8. The highest BCUT2D eigenvalue weighted by Gasteiger charge is 2.29. The van der Waals surface area contributed by atoms with Crippen molar-refractivity contribution in [2.24, 2.45) is 11.3 Å². The quantitative estimate of drug-likeness (QED) is 0.421. The summed E-state index contributed by atoms with van der Waals surface area (Å²) in [4.78, 5) is 25.0. The number of carbonyl (C=O) groups is 2. The third-order valence-corrected chi connectivity index (χ3v) is 8.13. The number of hydrogen-bond acceptors (Lipinski definition) is 4. The molecule has 1 aromatic carbocycles. The van der Waals surface area contributed by atoms with E-state index in [1.807, 2.05) is 45.9 Å². The largest absolute Gasteiger partial charge is 0.481 e. The molecule has 0 aliphatic heterocycles. The summed E-state index contributed by atoms with van der Waals surface area (Å²) < 4.78 is 26.0. The summed E-state index contributed by atoms with van der Waals surface area (Å²) in [5.74, 6) is -0.759. The lowest BCUT2D eigenvalue weighted by molar-refractivity contribution is -0.146. The maximum Gasteiger partial charge on any atom is 0.310 e. The van der Waals surface area contributed by atoms with Crippen molar-refractivity contribution < 1.29 is 23.1 Å². The fourth-order valence-electron chi connectivity index (χ4n) is 4.90. The summed E-state index contributed by atoms with van der Waals surface area (Å²) >= 11 is 0. The summed E-state index contributed by atoms with van der Waals surface area (Å²) in [6, 6.07) is 7.27. The first-order valence-electron chi connectivity index (χ1n) is 12.7. The SMILES string of the molecule is Cc1c(C(=O)NCC(C)(C)C(=O)O)cc(-c2ccc([SH](=O)=O)c(C(C)(C)C)c2)n1CC1CCCCC1. The lowest BCUT2D eigenvalue weighted by atomic mass is 9.85. The van der Waals surface area contributed by atoms with Gasteiger partial charge in [-0.3, -0.25) is 9.59 Å². The van der Waals surface area contributed by atoms with Crippen molar-refractivity contribution in [2.75, 3.05) is 6.54 Å². The average Bonchev–Trinajstić information content (AvgIpc) is 3.13. The van der Waals surface area contributed by atoms with E-state index in [-0.39, 0.29) is 17.9 Å². The number of carboxylic acids is 1. The third-order valence-electron chi connectivity index (χ3n) is 7.34. The van der Waals surface area contributed by atoms with E-state index < -0.39 is 22.1 Å². The van der Waals surface area contributed by atoms with Gasteiger partial charge in [-0.15, -0.1) is 0 Å². The predicted molar refractivity (Wildman–Crippen MR) is 142 cm³/mol. The molecule has 1 fully saturated rings. The summed E-state index contributed by atoms with van der Waals surface area (Å²) in [5, 5.41) is 12.2. The molecule has 1 saturated carbocycles. The van der Waals surface area contributed by atoms with Crippen LogP contribution in [-0.2, 0) is 27.5 Å². The molecule has 1 amide bonds.